The standard InChI is InChI=1S/C18H24N4OS/c1-3-15-9-4-5-10-16(15)22-13-19-20-18(22)24-12-17(23)21-11-7-6-8-14(21)2/h4-5,9-10,13-14H,3,6-8,11-12H2,1-2H3. The Kier molecular flexibility index (Phi) is 5.56. The molecule has 5 nitrogen and oxygen atoms in total. The van der Waals surface area contributed by atoms with Gasteiger partial charge in [0.1, 0.15) is 6.33 Å². The van der Waals surface area contributed by atoms with Crippen molar-refractivity contribution in [2.45, 2.75) is 50.7 Å². The number of aromatic nitrogens is 3. The Morgan fingerprint density at radius 3 is 2.96 bits per heavy atom. The van der Waals surface area contributed by atoms with E-state index in [-0.39, 0.29) is 5.91 Å². The highest BCUT2D eigenvalue weighted by molar-refractivity contribution is 7.99. The molecule has 24 heavy (non-hydrogen) atoms. The van der Waals surface area contributed by atoms with Gasteiger partial charge >= 0.3 is 0 Å². The number of nitrogens with zero attached hydrogens (tertiary/aromatic N) is 4. The third kappa shape index (κ3) is 3.64. The SMILES string of the molecule is CCc1ccccc1-n1cnnc1SCC(=O)N1CCCCC1C. The summed E-state index contributed by atoms with van der Waals surface area (Å²) < 4.78 is 1.98. The van der Waals surface area contributed by atoms with Crippen molar-refractivity contribution in [2.75, 3.05) is 12.3 Å². The lowest BCUT2D eigenvalue weighted by atomic mass is 10.0. The van der Waals surface area contributed by atoms with Crippen molar-refractivity contribution in [1.29, 1.82) is 0 Å². The summed E-state index contributed by atoms with van der Waals surface area (Å²) in [6.45, 7) is 5.16. The quantitative estimate of drug-likeness (QED) is 0.781. The van der Waals surface area contributed by atoms with Crippen molar-refractivity contribution in [3.63, 3.8) is 0 Å². The third-order valence-corrected chi connectivity index (χ3v) is 5.52. The molecule has 0 aliphatic carbocycles. The lowest BCUT2D eigenvalue weighted by Gasteiger charge is -2.33. The van der Waals surface area contributed by atoms with Gasteiger partial charge in [0.2, 0.25) is 5.91 Å². The van der Waals surface area contributed by atoms with Gasteiger partial charge < -0.3 is 4.90 Å². The molecule has 1 saturated heterocycles. The van der Waals surface area contributed by atoms with Crippen LogP contribution in [0.1, 0.15) is 38.7 Å². The summed E-state index contributed by atoms with van der Waals surface area (Å²) in [6.07, 6.45) is 6.12. The van der Waals surface area contributed by atoms with Gasteiger partial charge in [-0.1, -0.05) is 36.9 Å². The van der Waals surface area contributed by atoms with Gasteiger partial charge in [-0.2, -0.15) is 0 Å². The van der Waals surface area contributed by atoms with Crippen molar-refractivity contribution in [3.8, 4) is 5.69 Å². The second-order valence-corrected chi connectivity index (χ2v) is 7.13. The maximum atomic E-state index is 12.5. The minimum absolute atomic E-state index is 0.200. The summed E-state index contributed by atoms with van der Waals surface area (Å²) in [5.74, 6) is 0.614. The minimum Gasteiger partial charge on any atom is -0.339 e. The summed E-state index contributed by atoms with van der Waals surface area (Å²) >= 11 is 1.47. The number of hydrogen-bond acceptors (Lipinski definition) is 4. The number of rotatable bonds is 5. The van der Waals surface area contributed by atoms with Gasteiger partial charge in [0, 0.05) is 12.6 Å². The first-order valence-corrected chi connectivity index (χ1v) is 9.59. The lowest BCUT2D eigenvalue weighted by molar-refractivity contribution is -0.131. The zero-order valence-electron chi connectivity index (χ0n) is 14.3. The first-order chi connectivity index (χ1) is 11.7. The van der Waals surface area contributed by atoms with E-state index in [4.69, 9.17) is 0 Å². The fourth-order valence-corrected chi connectivity index (χ4v) is 4.02. The summed E-state index contributed by atoms with van der Waals surface area (Å²) in [5.41, 5.74) is 2.33. The molecule has 3 rings (SSSR count). The second-order valence-electron chi connectivity index (χ2n) is 6.19. The van der Waals surface area contributed by atoms with E-state index in [9.17, 15) is 4.79 Å². The van der Waals surface area contributed by atoms with E-state index in [0.717, 1.165) is 36.7 Å². The van der Waals surface area contributed by atoms with Crippen molar-refractivity contribution < 1.29 is 4.79 Å². The molecule has 1 unspecified atom stereocenters. The van der Waals surface area contributed by atoms with Crippen LogP contribution in [-0.2, 0) is 11.2 Å². The van der Waals surface area contributed by atoms with Crippen molar-refractivity contribution in [3.05, 3.63) is 36.2 Å². The van der Waals surface area contributed by atoms with E-state index in [0.29, 0.717) is 11.8 Å². The van der Waals surface area contributed by atoms with Gasteiger partial charge in [-0.15, -0.1) is 10.2 Å². The normalized spacial score (nSPS) is 17.9. The lowest BCUT2D eigenvalue weighted by Crippen LogP contribution is -2.42. The van der Waals surface area contributed by atoms with Crippen LogP contribution in [-0.4, -0.2) is 43.9 Å². The predicted octanol–water partition coefficient (Wildman–Crippen LogP) is 3.32. The van der Waals surface area contributed by atoms with Gasteiger partial charge in [0.25, 0.3) is 0 Å². The molecule has 1 fully saturated rings. The predicted molar refractivity (Wildman–Crippen MR) is 96.5 cm³/mol. The molecule has 128 valence electrons. The molecule has 1 aromatic heterocycles. The Labute approximate surface area is 147 Å². The molecule has 0 bridgehead atoms. The summed E-state index contributed by atoms with van der Waals surface area (Å²) in [6, 6.07) is 8.60. The number of benzene rings is 1. The number of likely N-dealkylation sites (tertiary alicyclic amines) is 1. The number of aryl methyl sites for hydroxylation is 1. The molecule has 6 heteroatoms. The van der Waals surface area contributed by atoms with E-state index in [2.05, 4.69) is 36.2 Å². The number of carbonyl (C=O) groups excluding carboxylic acids is 1. The van der Waals surface area contributed by atoms with Gasteiger partial charge in [0.05, 0.1) is 11.4 Å². The molecule has 0 saturated carbocycles. The molecule has 0 radical (unpaired) electrons. The molecule has 2 aromatic rings. The monoisotopic (exact) mass is 344 g/mol. The highest BCUT2D eigenvalue weighted by Crippen LogP contribution is 2.24. The molecule has 2 heterocycles. The van der Waals surface area contributed by atoms with E-state index < -0.39 is 0 Å². The van der Waals surface area contributed by atoms with Gasteiger partial charge in [-0.05, 0) is 44.2 Å². The van der Waals surface area contributed by atoms with Gasteiger partial charge in [-0.25, -0.2) is 0 Å². The molecule has 0 N–H and O–H groups in total. The largest absolute Gasteiger partial charge is 0.339 e. The van der Waals surface area contributed by atoms with Crippen molar-refractivity contribution >= 4 is 17.7 Å². The van der Waals surface area contributed by atoms with Gasteiger partial charge in [-0.3, -0.25) is 9.36 Å². The Morgan fingerprint density at radius 1 is 1.33 bits per heavy atom. The molecule has 1 atom stereocenters. The van der Waals surface area contributed by atoms with E-state index >= 15 is 0 Å². The molecule has 1 aromatic carbocycles. The van der Waals surface area contributed by atoms with Crippen LogP contribution in [0.25, 0.3) is 5.69 Å². The minimum atomic E-state index is 0.200. The van der Waals surface area contributed by atoms with Crippen LogP contribution in [0.3, 0.4) is 0 Å². The summed E-state index contributed by atoms with van der Waals surface area (Å²) in [5, 5.41) is 9.03. The zero-order chi connectivity index (χ0) is 16.9. The van der Waals surface area contributed by atoms with Crippen LogP contribution < -0.4 is 0 Å². The number of para-hydroxylation sites is 1. The third-order valence-electron chi connectivity index (χ3n) is 4.60. The smallest absolute Gasteiger partial charge is 0.233 e. The highest BCUT2D eigenvalue weighted by Gasteiger charge is 2.23. The Balaban J connectivity index is 1.71. The fraction of sp³-hybridized carbons (Fsp3) is 0.500. The number of thioether (sulfide) groups is 1. The van der Waals surface area contributed by atoms with Crippen LogP contribution in [0.2, 0.25) is 0 Å². The number of carbonyl (C=O) groups is 1. The number of piperidine rings is 1. The number of hydrogen-bond donors (Lipinski definition) is 0. The fourth-order valence-electron chi connectivity index (χ4n) is 3.21. The van der Waals surface area contributed by atoms with Crippen molar-refractivity contribution in [2.24, 2.45) is 0 Å². The molecular weight excluding hydrogens is 320 g/mol. The average Bonchev–Trinajstić information content (AvgIpc) is 3.08. The molecule has 1 aliphatic heterocycles. The molecule has 0 spiro atoms. The molecule has 1 amide bonds. The first kappa shape index (κ1) is 17.0. The van der Waals surface area contributed by atoms with E-state index in [1.165, 1.54) is 23.7 Å². The maximum Gasteiger partial charge on any atom is 0.233 e. The topological polar surface area (TPSA) is 51.0 Å². The van der Waals surface area contributed by atoms with E-state index in [1.807, 2.05) is 21.6 Å². The van der Waals surface area contributed by atoms with Crippen LogP contribution in [0.4, 0.5) is 0 Å². The van der Waals surface area contributed by atoms with Crippen LogP contribution in [0.5, 0.6) is 0 Å². The molecular formula is C18H24N4OS. The summed E-state index contributed by atoms with van der Waals surface area (Å²) in [4.78, 5) is 14.5. The van der Waals surface area contributed by atoms with Crippen LogP contribution in [0, 0.1) is 0 Å². The Morgan fingerprint density at radius 2 is 2.17 bits per heavy atom. The van der Waals surface area contributed by atoms with Gasteiger partial charge in [0.15, 0.2) is 5.16 Å². The van der Waals surface area contributed by atoms with Crippen LogP contribution in [0.15, 0.2) is 35.7 Å². The van der Waals surface area contributed by atoms with E-state index in [1.54, 1.807) is 6.33 Å². The second kappa shape index (κ2) is 7.83. The van der Waals surface area contributed by atoms with Crippen molar-refractivity contribution in [1.82, 2.24) is 19.7 Å². The highest BCUT2D eigenvalue weighted by atomic mass is 32.2. The number of amides is 1. The Bertz CT molecular complexity index is 700. The van der Waals surface area contributed by atoms with Crippen LogP contribution >= 0.6 is 11.8 Å². The Hall–Kier alpha value is -1.82. The summed E-state index contributed by atoms with van der Waals surface area (Å²) in [7, 11) is 0. The molecule has 1 aliphatic rings. The first-order valence-electron chi connectivity index (χ1n) is 8.61. The average molecular weight is 344 g/mol. The zero-order valence-corrected chi connectivity index (χ0v) is 15.1. The maximum absolute atomic E-state index is 12.5.